The molecule has 1 N–H and O–H groups in total. The molecule has 0 saturated carbocycles. The molecule has 0 saturated heterocycles. The maximum atomic E-state index is 13.9. The number of nitrogens with zero attached hydrogens (tertiary/aromatic N) is 1. The molecule has 0 bridgehead atoms. The van der Waals surface area contributed by atoms with E-state index in [0.717, 1.165) is 11.3 Å². The van der Waals surface area contributed by atoms with Crippen molar-refractivity contribution in [3.05, 3.63) is 58.7 Å². The molecule has 1 heterocycles. The van der Waals surface area contributed by atoms with Crippen LogP contribution in [0.3, 0.4) is 0 Å². The molecule has 0 spiro atoms. The molecular weight excluding hydrogens is 279 g/mol. The molecule has 1 aromatic heterocycles. The van der Waals surface area contributed by atoms with E-state index >= 15 is 0 Å². The van der Waals surface area contributed by atoms with Gasteiger partial charge in [0.25, 0.3) is 5.91 Å². The number of benzene rings is 1. The molecule has 22 heavy (non-hydrogen) atoms. The van der Waals surface area contributed by atoms with Crippen LogP contribution in [0.25, 0.3) is 0 Å². The van der Waals surface area contributed by atoms with Gasteiger partial charge in [-0.3, -0.25) is 4.79 Å². The van der Waals surface area contributed by atoms with Crippen molar-refractivity contribution in [1.29, 1.82) is 0 Å². The van der Waals surface area contributed by atoms with Crippen molar-refractivity contribution in [1.82, 2.24) is 9.88 Å². The van der Waals surface area contributed by atoms with Crippen molar-refractivity contribution in [3.63, 3.8) is 0 Å². The Hall–Kier alpha value is -2.10. The fraction of sp³-hybridized carbons (Fsp3) is 0.389. The van der Waals surface area contributed by atoms with E-state index in [0.29, 0.717) is 30.3 Å². The highest BCUT2D eigenvalue weighted by Crippen LogP contribution is 2.18. The van der Waals surface area contributed by atoms with Gasteiger partial charge in [-0.25, -0.2) is 4.39 Å². The molecule has 1 amide bonds. The standard InChI is InChI=1S/C18H23FN2O/c1-12(2)10-20-18(22)17-13(3)9-14(4)21(17)11-15-7-5-6-8-16(15)19/h5-9,12H,10-11H2,1-4H3,(H,20,22). The van der Waals surface area contributed by atoms with Gasteiger partial charge >= 0.3 is 0 Å². The van der Waals surface area contributed by atoms with Gasteiger partial charge in [0.2, 0.25) is 0 Å². The minimum Gasteiger partial charge on any atom is -0.350 e. The predicted octanol–water partition coefficient (Wildman–Crippen LogP) is 3.68. The van der Waals surface area contributed by atoms with Crippen LogP contribution in [-0.4, -0.2) is 17.0 Å². The average molecular weight is 302 g/mol. The maximum Gasteiger partial charge on any atom is 0.268 e. The highest BCUT2D eigenvalue weighted by atomic mass is 19.1. The molecule has 0 aliphatic heterocycles. The number of nitrogens with one attached hydrogen (secondary N) is 1. The fourth-order valence-corrected chi connectivity index (χ4v) is 2.53. The van der Waals surface area contributed by atoms with Gasteiger partial charge in [0.05, 0.1) is 6.54 Å². The van der Waals surface area contributed by atoms with Gasteiger partial charge in [0.1, 0.15) is 11.5 Å². The third-order valence-electron chi connectivity index (χ3n) is 3.67. The Bertz CT molecular complexity index is 674. The normalized spacial score (nSPS) is 11.0. The van der Waals surface area contributed by atoms with Crippen LogP contribution in [0.4, 0.5) is 4.39 Å². The van der Waals surface area contributed by atoms with Gasteiger partial charge < -0.3 is 9.88 Å². The lowest BCUT2D eigenvalue weighted by molar-refractivity contribution is 0.0939. The minimum absolute atomic E-state index is 0.101. The summed E-state index contributed by atoms with van der Waals surface area (Å²) in [5.41, 5.74) is 3.06. The quantitative estimate of drug-likeness (QED) is 0.898. The van der Waals surface area contributed by atoms with Crippen LogP contribution in [0.1, 0.15) is 41.2 Å². The first-order valence-corrected chi connectivity index (χ1v) is 7.58. The van der Waals surface area contributed by atoms with E-state index < -0.39 is 0 Å². The number of aromatic nitrogens is 1. The smallest absolute Gasteiger partial charge is 0.268 e. The van der Waals surface area contributed by atoms with E-state index in [1.807, 2.05) is 30.5 Å². The van der Waals surface area contributed by atoms with Gasteiger partial charge in [-0.15, -0.1) is 0 Å². The first-order chi connectivity index (χ1) is 10.4. The van der Waals surface area contributed by atoms with Crippen LogP contribution in [0, 0.1) is 25.6 Å². The Labute approximate surface area is 131 Å². The number of hydrogen-bond donors (Lipinski definition) is 1. The predicted molar refractivity (Wildman–Crippen MR) is 86.6 cm³/mol. The summed E-state index contributed by atoms with van der Waals surface area (Å²) in [6, 6.07) is 8.63. The lowest BCUT2D eigenvalue weighted by atomic mass is 10.2. The van der Waals surface area contributed by atoms with Gasteiger partial charge in [-0.2, -0.15) is 0 Å². The third kappa shape index (κ3) is 3.56. The second kappa shape index (κ2) is 6.77. The number of amides is 1. The fourth-order valence-electron chi connectivity index (χ4n) is 2.53. The molecule has 2 rings (SSSR count). The van der Waals surface area contributed by atoms with Crippen molar-refractivity contribution in [2.45, 2.75) is 34.2 Å². The largest absolute Gasteiger partial charge is 0.350 e. The topological polar surface area (TPSA) is 34.0 Å². The Morgan fingerprint density at radius 1 is 1.27 bits per heavy atom. The molecule has 0 fully saturated rings. The zero-order valence-electron chi connectivity index (χ0n) is 13.6. The lowest BCUT2D eigenvalue weighted by Crippen LogP contribution is -2.30. The minimum atomic E-state index is -0.248. The zero-order chi connectivity index (χ0) is 16.3. The summed E-state index contributed by atoms with van der Waals surface area (Å²) in [4.78, 5) is 12.5. The van der Waals surface area contributed by atoms with Crippen LogP contribution >= 0.6 is 0 Å². The molecule has 0 radical (unpaired) electrons. The summed E-state index contributed by atoms with van der Waals surface area (Å²) in [7, 11) is 0. The van der Waals surface area contributed by atoms with Crippen molar-refractivity contribution in [3.8, 4) is 0 Å². The van der Waals surface area contributed by atoms with Gasteiger partial charge in [-0.1, -0.05) is 32.0 Å². The Morgan fingerprint density at radius 3 is 2.59 bits per heavy atom. The number of hydrogen-bond acceptors (Lipinski definition) is 1. The van der Waals surface area contributed by atoms with Crippen LogP contribution in [0.15, 0.2) is 30.3 Å². The van der Waals surface area contributed by atoms with Gasteiger partial charge in [0.15, 0.2) is 0 Å². The van der Waals surface area contributed by atoms with E-state index in [1.54, 1.807) is 12.1 Å². The monoisotopic (exact) mass is 302 g/mol. The Kier molecular flexibility index (Phi) is 5.01. The second-order valence-corrected chi connectivity index (χ2v) is 6.10. The third-order valence-corrected chi connectivity index (χ3v) is 3.67. The highest BCUT2D eigenvalue weighted by molar-refractivity contribution is 5.94. The lowest BCUT2D eigenvalue weighted by Gasteiger charge is -2.14. The van der Waals surface area contributed by atoms with E-state index in [1.165, 1.54) is 6.07 Å². The first kappa shape index (κ1) is 16.3. The van der Waals surface area contributed by atoms with Crippen LogP contribution in [0.5, 0.6) is 0 Å². The molecule has 0 unspecified atom stereocenters. The van der Waals surface area contributed by atoms with Crippen molar-refractivity contribution < 1.29 is 9.18 Å². The summed E-state index contributed by atoms with van der Waals surface area (Å²) in [5.74, 6) is 0.0396. The summed E-state index contributed by atoms with van der Waals surface area (Å²) in [5, 5.41) is 2.94. The van der Waals surface area contributed by atoms with Crippen LogP contribution < -0.4 is 5.32 Å². The van der Waals surface area contributed by atoms with Crippen LogP contribution in [0.2, 0.25) is 0 Å². The number of halogens is 1. The molecule has 1 aromatic carbocycles. The SMILES string of the molecule is Cc1cc(C)n(Cc2ccccc2F)c1C(=O)NCC(C)C. The number of carbonyl (C=O) groups is 1. The first-order valence-electron chi connectivity index (χ1n) is 7.58. The molecule has 3 nitrogen and oxygen atoms in total. The van der Waals surface area contributed by atoms with Crippen molar-refractivity contribution >= 4 is 5.91 Å². The summed E-state index contributed by atoms with van der Waals surface area (Å²) in [6.45, 7) is 8.94. The van der Waals surface area contributed by atoms with Crippen LogP contribution in [-0.2, 0) is 6.54 Å². The summed E-state index contributed by atoms with van der Waals surface area (Å²) < 4.78 is 15.8. The Morgan fingerprint density at radius 2 is 1.95 bits per heavy atom. The number of rotatable bonds is 5. The molecular formula is C18H23FN2O. The van der Waals surface area contributed by atoms with Crippen molar-refractivity contribution in [2.24, 2.45) is 5.92 Å². The van der Waals surface area contributed by atoms with E-state index in [9.17, 15) is 9.18 Å². The summed E-state index contributed by atoms with van der Waals surface area (Å²) >= 11 is 0. The van der Waals surface area contributed by atoms with Crippen molar-refractivity contribution in [2.75, 3.05) is 6.54 Å². The summed E-state index contributed by atoms with van der Waals surface area (Å²) in [6.07, 6.45) is 0. The van der Waals surface area contributed by atoms with Gasteiger partial charge in [-0.05, 0) is 37.5 Å². The maximum absolute atomic E-state index is 13.9. The highest BCUT2D eigenvalue weighted by Gasteiger charge is 2.18. The number of aryl methyl sites for hydroxylation is 2. The van der Waals surface area contributed by atoms with Gasteiger partial charge in [0, 0.05) is 17.8 Å². The molecule has 4 heteroatoms. The Balaban J connectivity index is 2.32. The second-order valence-electron chi connectivity index (χ2n) is 6.10. The molecule has 0 aliphatic rings. The average Bonchev–Trinajstić information content (AvgIpc) is 2.73. The van der Waals surface area contributed by atoms with E-state index in [4.69, 9.17) is 0 Å². The molecule has 2 aromatic rings. The molecule has 0 aliphatic carbocycles. The molecule has 118 valence electrons. The molecule has 0 atom stereocenters. The number of carbonyl (C=O) groups excluding carboxylic acids is 1. The van der Waals surface area contributed by atoms with E-state index in [2.05, 4.69) is 19.2 Å². The zero-order valence-corrected chi connectivity index (χ0v) is 13.6. The van der Waals surface area contributed by atoms with E-state index in [-0.39, 0.29) is 11.7 Å².